The molecule has 3 nitrogen and oxygen atoms in total. The molecule has 0 aliphatic carbocycles. The Hall–Kier alpha value is -1.81. The second-order valence-corrected chi connectivity index (χ2v) is 4.92. The van der Waals surface area contributed by atoms with E-state index in [1.807, 2.05) is 31.2 Å². The molecular formula is C14H14N2OS. The molecule has 92 valence electrons. The summed E-state index contributed by atoms with van der Waals surface area (Å²) in [5.41, 5.74) is 3.23. The highest BCUT2D eigenvalue weighted by atomic mass is 32.1. The van der Waals surface area contributed by atoms with Gasteiger partial charge in [0.1, 0.15) is 5.75 Å². The maximum absolute atomic E-state index is 5.65. The van der Waals surface area contributed by atoms with E-state index in [2.05, 4.69) is 27.9 Å². The average molecular weight is 258 g/mol. The van der Waals surface area contributed by atoms with Crippen molar-refractivity contribution >= 4 is 16.3 Å². The van der Waals surface area contributed by atoms with E-state index in [1.54, 1.807) is 11.3 Å². The van der Waals surface area contributed by atoms with Crippen LogP contribution in [0.4, 0.5) is 0 Å². The molecule has 0 aliphatic heterocycles. The van der Waals surface area contributed by atoms with E-state index in [1.165, 1.54) is 5.69 Å². The van der Waals surface area contributed by atoms with E-state index in [-0.39, 0.29) is 0 Å². The van der Waals surface area contributed by atoms with E-state index in [0.29, 0.717) is 6.61 Å². The standard InChI is InChI=1S/C14H14N2OS/c1-3-17-13-7-5-4-6-11(13)12-8-16-10(2)9-18-14(16)15-12/h4-9H,3H2,1-2H3. The van der Waals surface area contributed by atoms with Crippen LogP contribution >= 0.6 is 11.3 Å². The maximum Gasteiger partial charge on any atom is 0.194 e. The number of benzene rings is 1. The molecule has 0 amide bonds. The van der Waals surface area contributed by atoms with Crippen LogP contribution in [0.2, 0.25) is 0 Å². The number of nitrogens with zero attached hydrogens (tertiary/aromatic N) is 2. The van der Waals surface area contributed by atoms with Crippen LogP contribution in [-0.2, 0) is 0 Å². The number of hydrogen-bond acceptors (Lipinski definition) is 3. The third-order valence-corrected chi connectivity index (χ3v) is 3.81. The van der Waals surface area contributed by atoms with Crippen LogP contribution < -0.4 is 4.74 Å². The zero-order valence-electron chi connectivity index (χ0n) is 10.4. The van der Waals surface area contributed by atoms with Crippen LogP contribution in [0.25, 0.3) is 16.2 Å². The Kier molecular flexibility index (Phi) is 2.80. The van der Waals surface area contributed by atoms with Gasteiger partial charge >= 0.3 is 0 Å². The minimum Gasteiger partial charge on any atom is -0.493 e. The van der Waals surface area contributed by atoms with Gasteiger partial charge in [-0.05, 0) is 26.0 Å². The van der Waals surface area contributed by atoms with Gasteiger partial charge in [-0.2, -0.15) is 0 Å². The third-order valence-electron chi connectivity index (χ3n) is 2.85. The minimum absolute atomic E-state index is 0.665. The van der Waals surface area contributed by atoms with Gasteiger partial charge in [-0.15, -0.1) is 11.3 Å². The molecule has 0 saturated carbocycles. The number of hydrogen-bond donors (Lipinski definition) is 0. The van der Waals surface area contributed by atoms with Crippen molar-refractivity contribution in [3.8, 4) is 17.0 Å². The quantitative estimate of drug-likeness (QED) is 0.715. The van der Waals surface area contributed by atoms with Crippen LogP contribution in [0.1, 0.15) is 12.6 Å². The fourth-order valence-corrected chi connectivity index (χ4v) is 2.83. The molecule has 3 aromatic rings. The Bertz CT molecular complexity index is 684. The zero-order valence-corrected chi connectivity index (χ0v) is 11.2. The molecule has 0 bridgehead atoms. The van der Waals surface area contributed by atoms with Crippen molar-refractivity contribution in [1.29, 1.82) is 0 Å². The van der Waals surface area contributed by atoms with Crippen LogP contribution in [0.15, 0.2) is 35.8 Å². The van der Waals surface area contributed by atoms with Crippen LogP contribution in [0.3, 0.4) is 0 Å². The lowest BCUT2D eigenvalue weighted by Crippen LogP contribution is -1.93. The van der Waals surface area contributed by atoms with Crippen molar-refractivity contribution in [1.82, 2.24) is 9.38 Å². The summed E-state index contributed by atoms with van der Waals surface area (Å²) < 4.78 is 7.76. The smallest absolute Gasteiger partial charge is 0.194 e. The van der Waals surface area contributed by atoms with Crippen LogP contribution in [-0.4, -0.2) is 16.0 Å². The van der Waals surface area contributed by atoms with Gasteiger partial charge in [0.05, 0.1) is 12.3 Å². The molecule has 0 saturated heterocycles. The molecule has 2 aromatic heterocycles. The molecule has 0 atom stereocenters. The normalized spacial score (nSPS) is 11.0. The number of thiazole rings is 1. The summed E-state index contributed by atoms with van der Waals surface area (Å²) >= 11 is 1.66. The molecule has 0 N–H and O–H groups in total. The van der Waals surface area contributed by atoms with Gasteiger partial charge in [-0.3, -0.25) is 4.40 Å². The Morgan fingerprint density at radius 2 is 2.17 bits per heavy atom. The number of aryl methyl sites for hydroxylation is 1. The van der Waals surface area contributed by atoms with Crippen molar-refractivity contribution in [3.05, 3.63) is 41.5 Å². The van der Waals surface area contributed by atoms with Crippen molar-refractivity contribution in [2.45, 2.75) is 13.8 Å². The zero-order chi connectivity index (χ0) is 12.5. The lowest BCUT2D eigenvalue weighted by atomic mass is 10.1. The minimum atomic E-state index is 0.665. The molecule has 3 rings (SSSR count). The Labute approximate surface area is 110 Å². The van der Waals surface area contributed by atoms with Gasteiger partial charge in [0, 0.05) is 22.8 Å². The molecular weight excluding hydrogens is 244 g/mol. The topological polar surface area (TPSA) is 26.5 Å². The molecule has 1 aromatic carbocycles. The first-order valence-electron chi connectivity index (χ1n) is 5.95. The average Bonchev–Trinajstić information content (AvgIpc) is 2.93. The fourth-order valence-electron chi connectivity index (χ4n) is 1.98. The van der Waals surface area contributed by atoms with E-state index >= 15 is 0 Å². The lowest BCUT2D eigenvalue weighted by molar-refractivity contribution is 0.341. The number of para-hydroxylation sites is 1. The summed E-state index contributed by atoms with van der Waals surface area (Å²) in [6.07, 6.45) is 2.07. The largest absolute Gasteiger partial charge is 0.493 e. The summed E-state index contributed by atoms with van der Waals surface area (Å²) in [6, 6.07) is 8.03. The van der Waals surface area contributed by atoms with Gasteiger partial charge in [0.25, 0.3) is 0 Å². The van der Waals surface area contributed by atoms with E-state index in [0.717, 1.165) is 22.0 Å². The third kappa shape index (κ3) is 1.78. The molecule has 0 spiro atoms. The molecule has 0 aliphatic rings. The second-order valence-electron chi connectivity index (χ2n) is 4.08. The first-order valence-corrected chi connectivity index (χ1v) is 6.83. The SMILES string of the molecule is CCOc1ccccc1-c1cn2c(C)csc2n1. The van der Waals surface area contributed by atoms with Crippen LogP contribution in [0, 0.1) is 6.92 Å². The highest BCUT2D eigenvalue weighted by Crippen LogP contribution is 2.30. The van der Waals surface area contributed by atoms with Gasteiger partial charge < -0.3 is 4.74 Å². The molecule has 4 heteroatoms. The van der Waals surface area contributed by atoms with E-state index < -0.39 is 0 Å². The summed E-state index contributed by atoms with van der Waals surface area (Å²) in [7, 11) is 0. The monoisotopic (exact) mass is 258 g/mol. The summed E-state index contributed by atoms with van der Waals surface area (Å²) in [6.45, 7) is 4.74. The number of fused-ring (bicyclic) bond motifs is 1. The van der Waals surface area contributed by atoms with Gasteiger partial charge in [0.15, 0.2) is 4.96 Å². The van der Waals surface area contributed by atoms with Crippen LogP contribution in [0.5, 0.6) is 5.75 Å². The maximum atomic E-state index is 5.65. The summed E-state index contributed by atoms with van der Waals surface area (Å²) in [4.78, 5) is 5.67. The Morgan fingerprint density at radius 3 is 2.94 bits per heavy atom. The van der Waals surface area contributed by atoms with Gasteiger partial charge in [-0.1, -0.05) is 12.1 Å². The summed E-state index contributed by atoms with van der Waals surface area (Å²) in [5, 5.41) is 2.11. The molecule has 0 fully saturated rings. The van der Waals surface area contributed by atoms with Gasteiger partial charge in [-0.25, -0.2) is 4.98 Å². The van der Waals surface area contributed by atoms with Gasteiger partial charge in [0.2, 0.25) is 0 Å². The molecule has 18 heavy (non-hydrogen) atoms. The highest BCUT2D eigenvalue weighted by molar-refractivity contribution is 7.15. The van der Waals surface area contributed by atoms with Crippen molar-refractivity contribution in [2.24, 2.45) is 0 Å². The van der Waals surface area contributed by atoms with E-state index in [4.69, 9.17) is 4.74 Å². The lowest BCUT2D eigenvalue weighted by Gasteiger charge is -2.07. The Morgan fingerprint density at radius 1 is 1.33 bits per heavy atom. The first-order chi connectivity index (χ1) is 8.79. The second kappa shape index (κ2) is 4.46. The van der Waals surface area contributed by atoms with Crippen molar-refractivity contribution in [3.63, 3.8) is 0 Å². The van der Waals surface area contributed by atoms with E-state index in [9.17, 15) is 0 Å². The molecule has 0 unspecified atom stereocenters. The molecule has 0 radical (unpaired) electrons. The Balaban J connectivity index is 2.13. The molecule has 2 heterocycles. The van der Waals surface area contributed by atoms with Crippen molar-refractivity contribution < 1.29 is 4.74 Å². The number of ether oxygens (including phenoxy) is 1. The number of aromatic nitrogens is 2. The predicted molar refractivity (Wildman–Crippen MR) is 74.4 cm³/mol. The summed E-state index contributed by atoms with van der Waals surface area (Å²) in [5.74, 6) is 0.892. The highest BCUT2D eigenvalue weighted by Gasteiger charge is 2.11. The predicted octanol–water partition coefficient (Wildman–Crippen LogP) is 3.77. The fraction of sp³-hybridized carbons (Fsp3) is 0.214. The number of imidazole rings is 1. The first kappa shape index (κ1) is 11.3. The number of rotatable bonds is 3. The van der Waals surface area contributed by atoms with Crippen molar-refractivity contribution in [2.75, 3.05) is 6.61 Å².